The second kappa shape index (κ2) is 6.59. The first-order chi connectivity index (χ1) is 5.25. The maximum atomic E-state index is 10.1. The molecule has 0 aromatic rings. The SMILES string of the molecule is CC(C)C(OC(=O)[O-])C(Cl)(Cl)Cl.[Na+]. The van der Waals surface area contributed by atoms with Crippen LogP contribution in [0.1, 0.15) is 13.8 Å². The van der Waals surface area contributed by atoms with E-state index < -0.39 is 16.1 Å². The minimum Gasteiger partial charge on any atom is -0.542 e. The van der Waals surface area contributed by atoms with Gasteiger partial charge in [-0.05, 0) is 5.92 Å². The molecular formula is C6H8Cl3NaO3. The molecule has 0 aromatic carbocycles. The van der Waals surface area contributed by atoms with Crippen LogP contribution in [0.4, 0.5) is 4.79 Å². The zero-order valence-corrected chi connectivity index (χ0v) is 11.8. The van der Waals surface area contributed by atoms with Crippen LogP contribution >= 0.6 is 34.8 Å². The van der Waals surface area contributed by atoms with E-state index in [9.17, 15) is 9.90 Å². The molecule has 0 saturated carbocycles. The first-order valence-corrected chi connectivity index (χ1v) is 4.33. The number of alkyl halides is 3. The summed E-state index contributed by atoms with van der Waals surface area (Å²) in [6, 6.07) is 0. The smallest absolute Gasteiger partial charge is 0.542 e. The van der Waals surface area contributed by atoms with Gasteiger partial charge in [0.2, 0.25) is 3.79 Å². The van der Waals surface area contributed by atoms with Crippen LogP contribution in [-0.4, -0.2) is 16.1 Å². The predicted molar refractivity (Wildman–Crippen MR) is 45.4 cm³/mol. The molecule has 0 aliphatic carbocycles. The first-order valence-electron chi connectivity index (χ1n) is 3.19. The van der Waals surface area contributed by atoms with Crippen LogP contribution in [0, 0.1) is 5.92 Å². The normalized spacial score (nSPS) is 13.4. The van der Waals surface area contributed by atoms with Crippen LogP contribution in [0.3, 0.4) is 0 Å². The van der Waals surface area contributed by atoms with E-state index in [1.165, 1.54) is 0 Å². The summed E-state index contributed by atoms with van der Waals surface area (Å²) >= 11 is 16.4. The van der Waals surface area contributed by atoms with Gasteiger partial charge in [-0.15, -0.1) is 0 Å². The van der Waals surface area contributed by atoms with Crippen molar-refractivity contribution in [2.24, 2.45) is 5.92 Å². The third kappa shape index (κ3) is 7.11. The predicted octanol–water partition coefficient (Wildman–Crippen LogP) is -1.25. The first kappa shape index (κ1) is 16.6. The summed E-state index contributed by atoms with van der Waals surface area (Å²) in [7, 11) is 0. The van der Waals surface area contributed by atoms with Crippen molar-refractivity contribution in [2.75, 3.05) is 0 Å². The van der Waals surface area contributed by atoms with Crippen LogP contribution in [-0.2, 0) is 4.74 Å². The summed E-state index contributed by atoms with van der Waals surface area (Å²) in [6.45, 7) is 3.35. The molecule has 1 unspecified atom stereocenters. The van der Waals surface area contributed by atoms with Crippen molar-refractivity contribution in [3.05, 3.63) is 0 Å². The molecule has 0 radical (unpaired) electrons. The summed E-state index contributed by atoms with van der Waals surface area (Å²) in [6.07, 6.45) is -2.70. The molecule has 1 atom stereocenters. The van der Waals surface area contributed by atoms with Crippen molar-refractivity contribution in [1.82, 2.24) is 0 Å². The fourth-order valence-electron chi connectivity index (χ4n) is 0.685. The monoisotopic (exact) mass is 256 g/mol. The van der Waals surface area contributed by atoms with Crippen molar-refractivity contribution < 1.29 is 44.2 Å². The molecular weight excluding hydrogens is 249 g/mol. The van der Waals surface area contributed by atoms with Crippen LogP contribution in [0.25, 0.3) is 0 Å². The molecule has 0 saturated heterocycles. The second-order valence-electron chi connectivity index (χ2n) is 2.57. The summed E-state index contributed by atoms with van der Waals surface area (Å²) < 4.78 is 2.53. The Labute approximate surface area is 114 Å². The number of halogens is 3. The Morgan fingerprint density at radius 2 is 1.77 bits per heavy atom. The molecule has 7 heteroatoms. The van der Waals surface area contributed by atoms with Gasteiger partial charge in [0.1, 0.15) is 0 Å². The molecule has 0 heterocycles. The van der Waals surface area contributed by atoms with Gasteiger partial charge in [0.25, 0.3) is 6.16 Å². The van der Waals surface area contributed by atoms with E-state index in [4.69, 9.17) is 34.8 Å². The molecule has 0 aliphatic heterocycles. The van der Waals surface area contributed by atoms with E-state index in [2.05, 4.69) is 4.74 Å². The number of carbonyl (C=O) groups is 1. The summed E-state index contributed by atoms with van der Waals surface area (Å²) in [4.78, 5) is 10.1. The Kier molecular flexibility index (Phi) is 8.40. The minimum atomic E-state index is -1.76. The summed E-state index contributed by atoms with van der Waals surface area (Å²) in [5.41, 5.74) is 0. The van der Waals surface area contributed by atoms with Crippen molar-refractivity contribution in [2.45, 2.75) is 23.7 Å². The minimum absolute atomic E-state index is 0. The van der Waals surface area contributed by atoms with Gasteiger partial charge < -0.3 is 14.6 Å². The van der Waals surface area contributed by atoms with Crippen molar-refractivity contribution in [1.29, 1.82) is 0 Å². The molecule has 0 bridgehead atoms. The standard InChI is InChI=1S/C6H9Cl3O3.Na/c1-3(2)4(6(7,8)9)12-5(10)11;/h3-4H,1-2H3,(H,10,11);/q;+1/p-1. The van der Waals surface area contributed by atoms with Gasteiger partial charge in [0.15, 0.2) is 0 Å². The maximum absolute atomic E-state index is 10.1. The Bertz CT molecular complexity index is 169. The molecule has 0 rings (SSSR count). The van der Waals surface area contributed by atoms with Crippen molar-refractivity contribution in [3.63, 3.8) is 0 Å². The number of rotatable bonds is 2. The van der Waals surface area contributed by atoms with E-state index >= 15 is 0 Å². The Hall–Kier alpha value is 1.14. The fraction of sp³-hybridized carbons (Fsp3) is 0.833. The molecule has 0 fully saturated rings. The molecule has 13 heavy (non-hydrogen) atoms. The van der Waals surface area contributed by atoms with Gasteiger partial charge in [-0.2, -0.15) is 0 Å². The number of hydrogen-bond acceptors (Lipinski definition) is 3. The van der Waals surface area contributed by atoms with Gasteiger partial charge >= 0.3 is 29.6 Å². The van der Waals surface area contributed by atoms with Crippen LogP contribution < -0.4 is 34.7 Å². The maximum Gasteiger partial charge on any atom is 1.00 e. The van der Waals surface area contributed by atoms with Crippen molar-refractivity contribution >= 4 is 41.0 Å². The molecule has 72 valence electrons. The second-order valence-corrected chi connectivity index (χ2v) is 4.94. The molecule has 0 aliphatic rings. The number of carboxylic acid groups (broad SMARTS) is 1. The molecule has 0 N–H and O–H groups in total. The third-order valence-corrected chi connectivity index (χ3v) is 1.80. The topological polar surface area (TPSA) is 49.4 Å². The van der Waals surface area contributed by atoms with Gasteiger partial charge in [-0.3, -0.25) is 0 Å². The van der Waals surface area contributed by atoms with Crippen LogP contribution in [0.2, 0.25) is 0 Å². The number of hydrogen-bond donors (Lipinski definition) is 0. The van der Waals surface area contributed by atoms with Crippen molar-refractivity contribution in [3.8, 4) is 0 Å². The Morgan fingerprint density at radius 3 is 1.85 bits per heavy atom. The zero-order chi connectivity index (χ0) is 9.94. The van der Waals surface area contributed by atoms with E-state index in [1.54, 1.807) is 13.8 Å². The molecule has 0 amide bonds. The molecule has 0 aromatic heterocycles. The number of ether oxygens (including phenoxy) is 1. The van der Waals surface area contributed by atoms with Gasteiger partial charge in [0.05, 0.1) is 6.10 Å². The largest absolute Gasteiger partial charge is 1.00 e. The van der Waals surface area contributed by atoms with E-state index in [-0.39, 0.29) is 35.5 Å². The Balaban J connectivity index is 0. The zero-order valence-electron chi connectivity index (χ0n) is 7.51. The average Bonchev–Trinajstić information content (AvgIpc) is 1.79. The quantitative estimate of drug-likeness (QED) is 0.353. The van der Waals surface area contributed by atoms with Gasteiger partial charge in [-0.25, -0.2) is 0 Å². The van der Waals surface area contributed by atoms with Crippen LogP contribution in [0.5, 0.6) is 0 Å². The van der Waals surface area contributed by atoms with Gasteiger partial charge in [-0.1, -0.05) is 48.7 Å². The average molecular weight is 257 g/mol. The van der Waals surface area contributed by atoms with E-state index in [0.29, 0.717) is 0 Å². The summed E-state index contributed by atoms with van der Waals surface area (Å²) in [5.74, 6) is -0.226. The fourth-order valence-corrected chi connectivity index (χ4v) is 1.57. The van der Waals surface area contributed by atoms with Gasteiger partial charge in [0, 0.05) is 0 Å². The van der Waals surface area contributed by atoms with E-state index in [0.717, 1.165) is 0 Å². The molecule has 0 spiro atoms. The van der Waals surface area contributed by atoms with Crippen LogP contribution in [0.15, 0.2) is 0 Å². The summed E-state index contributed by atoms with van der Waals surface area (Å²) in [5, 5.41) is 10.1. The number of carbonyl (C=O) groups excluding carboxylic acids is 1. The van der Waals surface area contributed by atoms with E-state index in [1.807, 2.05) is 0 Å². The third-order valence-electron chi connectivity index (χ3n) is 1.15. The molecule has 3 nitrogen and oxygen atoms in total. The Morgan fingerprint density at radius 1 is 1.38 bits per heavy atom.